The highest BCUT2D eigenvalue weighted by atomic mass is 16.5. The molecule has 3 N–H and O–H groups in total. The Labute approximate surface area is 117 Å². The van der Waals surface area contributed by atoms with E-state index in [0.29, 0.717) is 25.9 Å². The molecule has 1 aromatic carbocycles. The first-order valence-corrected chi connectivity index (χ1v) is 6.59. The fraction of sp³-hybridized carbons (Fsp3) is 0.429. The zero-order valence-corrected chi connectivity index (χ0v) is 11.0. The molecule has 0 saturated carbocycles. The number of aliphatic carboxylic acids is 1. The van der Waals surface area contributed by atoms with Crippen LogP contribution in [0.2, 0.25) is 0 Å². The monoisotopic (exact) mass is 278 g/mol. The summed E-state index contributed by atoms with van der Waals surface area (Å²) >= 11 is 0. The van der Waals surface area contributed by atoms with Gasteiger partial charge < -0.3 is 20.5 Å². The zero-order valence-electron chi connectivity index (χ0n) is 11.0. The SMILES string of the molecule is O=C(NCc1ccccc1)NCC1CCC(C(=O)O)O1. The van der Waals surface area contributed by atoms with Crippen LogP contribution in [0.1, 0.15) is 18.4 Å². The Morgan fingerprint density at radius 3 is 2.60 bits per heavy atom. The lowest BCUT2D eigenvalue weighted by molar-refractivity contribution is -0.149. The van der Waals surface area contributed by atoms with Gasteiger partial charge in [0.05, 0.1) is 6.10 Å². The van der Waals surface area contributed by atoms with Crippen LogP contribution in [0, 0.1) is 0 Å². The molecule has 0 bridgehead atoms. The Hall–Kier alpha value is -2.08. The van der Waals surface area contributed by atoms with Crippen molar-refractivity contribution >= 4 is 12.0 Å². The summed E-state index contributed by atoms with van der Waals surface area (Å²) in [4.78, 5) is 22.3. The second-order valence-corrected chi connectivity index (χ2v) is 4.71. The molecule has 0 aliphatic carbocycles. The predicted molar refractivity (Wildman–Crippen MR) is 72.2 cm³/mol. The number of carboxylic acid groups (broad SMARTS) is 1. The van der Waals surface area contributed by atoms with Crippen LogP contribution in [-0.2, 0) is 16.1 Å². The molecule has 2 rings (SSSR count). The second kappa shape index (κ2) is 6.91. The van der Waals surface area contributed by atoms with Gasteiger partial charge in [-0.25, -0.2) is 9.59 Å². The van der Waals surface area contributed by atoms with Crippen molar-refractivity contribution < 1.29 is 19.4 Å². The molecular formula is C14H18N2O4. The molecule has 2 atom stereocenters. The van der Waals surface area contributed by atoms with Gasteiger partial charge in [-0.2, -0.15) is 0 Å². The largest absolute Gasteiger partial charge is 0.479 e. The number of benzene rings is 1. The minimum absolute atomic E-state index is 0.224. The van der Waals surface area contributed by atoms with Gasteiger partial charge >= 0.3 is 12.0 Å². The smallest absolute Gasteiger partial charge is 0.332 e. The Balaban J connectivity index is 1.65. The van der Waals surface area contributed by atoms with E-state index in [2.05, 4.69) is 10.6 Å². The molecule has 6 heteroatoms. The summed E-state index contributed by atoms with van der Waals surface area (Å²) in [5, 5.41) is 14.2. The van der Waals surface area contributed by atoms with Gasteiger partial charge in [0, 0.05) is 13.1 Å². The van der Waals surface area contributed by atoms with Crippen molar-refractivity contribution in [3.05, 3.63) is 35.9 Å². The Kier molecular flexibility index (Phi) is 4.95. The van der Waals surface area contributed by atoms with E-state index in [-0.39, 0.29) is 12.1 Å². The van der Waals surface area contributed by atoms with E-state index < -0.39 is 12.1 Å². The molecule has 1 heterocycles. The number of carboxylic acids is 1. The van der Waals surface area contributed by atoms with Crippen molar-refractivity contribution in [3.63, 3.8) is 0 Å². The van der Waals surface area contributed by atoms with Crippen LogP contribution in [0.15, 0.2) is 30.3 Å². The molecule has 2 amide bonds. The quantitative estimate of drug-likeness (QED) is 0.753. The van der Waals surface area contributed by atoms with Crippen molar-refractivity contribution in [2.45, 2.75) is 31.6 Å². The van der Waals surface area contributed by atoms with Crippen molar-refractivity contribution in [2.75, 3.05) is 6.54 Å². The highest BCUT2D eigenvalue weighted by molar-refractivity contribution is 5.74. The number of urea groups is 1. The van der Waals surface area contributed by atoms with Gasteiger partial charge in [-0.05, 0) is 18.4 Å². The molecule has 1 aliphatic heterocycles. The maximum Gasteiger partial charge on any atom is 0.332 e. The lowest BCUT2D eigenvalue weighted by atomic mass is 10.2. The van der Waals surface area contributed by atoms with Gasteiger partial charge in [-0.1, -0.05) is 30.3 Å². The number of nitrogens with one attached hydrogen (secondary N) is 2. The highest BCUT2D eigenvalue weighted by Gasteiger charge is 2.30. The number of carbonyl (C=O) groups excluding carboxylic acids is 1. The Morgan fingerprint density at radius 1 is 1.20 bits per heavy atom. The first-order valence-electron chi connectivity index (χ1n) is 6.59. The molecular weight excluding hydrogens is 260 g/mol. The normalized spacial score (nSPS) is 21.4. The van der Waals surface area contributed by atoms with E-state index in [9.17, 15) is 9.59 Å². The maximum absolute atomic E-state index is 11.6. The third-order valence-corrected chi connectivity index (χ3v) is 3.17. The van der Waals surface area contributed by atoms with Crippen LogP contribution in [0.5, 0.6) is 0 Å². The minimum Gasteiger partial charge on any atom is -0.479 e. The molecule has 6 nitrogen and oxygen atoms in total. The fourth-order valence-corrected chi connectivity index (χ4v) is 2.08. The lowest BCUT2D eigenvalue weighted by Crippen LogP contribution is -2.39. The predicted octanol–water partition coefficient (Wildman–Crippen LogP) is 1.12. The number of ether oxygens (including phenoxy) is 1. The minimum atomic E-state index is -0.943. The third kappa shape index (κ3) is 4.24. The van der Waals surface area contributed by atoms with Crippen LogP contribution >= 0.6 is 0 Å². The number of hydrogen-bond donors (Lipinski definition) is 3. The number of rotatable bonds is 5. The van der Waals surface area contributed by atoms with E-state index >= 15 is 0 Å². The molecule has 1 saturated heterocycles. The Bertz CT molecular complexity index is 464. The van der Waals surface area contributed by atoms with Crippen LogP contribution in [0.4, 0.5) is 4.79 Å². The number of carbonyl (C=O) groups is 2. The molecule has 2 unspecified atom stereocenters. The standard InChI is InChI=1S/C14H18N2O4/c17-13(18)12-7-6-11(20-12)9-16-14(19)15-8-10-4-2-1-3-5-10/h1-5,11-12H,6-9H2,(H,17,18)(H2,15,16,19). The van der Waals surface area contributed by atoms with Crippen molar-refractivity contribution in [1.29, 1.82) is 0 Å². The van der Waals surface area contributed by atoms with E-state index in [1.54, 1.807) is 0 Å². The van der Waals surface area contributed by atoms with Crippen molar-refractivity contribution in [1.82, 2.24) is 10.6 Å². The summed E-state index contributed by atoms with van der Waals surface area (Å²) in [5.41, 5.74) is 1.02. The molecule has 0 spiro atoms. The van der Waals surface area contributed by atoms with E-state index in [4.69, 9.17) is 9.84 Å². The summed E-state index contributed by atoms with van der Waals surface area (Å²) in [6, 6.07) is 9.31. The second-order valence-electron chi connectivity index (χ2n) is 4.71. The summed E-state index contributed by atoms with van der Waals surface area (Å²) in [6.45, 7) is 0.778. The van der Waals surface area contributed by atoms with Crippen LogP contribution in [0.3, 0.4) is 0 Å². The fourth-order valence-electron chi connectivity index (χ4n) is 2.08. The molecule has 1 fully saturated rings. The van der Waals surface area contributed by atoms with E-state index in [1.807, 2.05) is 30.3 Å². The topological polar surface area (TPSA) is 87.7 Å². The molecule has 0 radical (unpaired) electrons. The van der Waals surface area contributed by atoms with Gasteiger partial charge in [-0.3, -0.25) is 0 Å². The van der Waals surface area contributed by atoms with Crippen molar-refractivity contribution in [2.24, 2.45) is 0 Å². The van der Waals surface area contributed by atoms with Gasteiger partial charge in [0.2, 0.25) is 0 Å². The van der Waals surface area contributed by atoms with Gasteiger partial charge in [0.15, 0.2) is 6.10 Å². The van der Waals surface area contributed by atoms with Gasteiger partial charge in [0.25, 0.3) is 0 Å². The summed E-state index contributed by atoms with van der Waals surface area (Å²) < 4.78 is 5.29. The van der Waals surface area contributed by atoms with Gasteiger partial charge in [0.1, 0.15) is 0 Å². The first-order chi connectivity index (χ1) is 9.65. The Morgan fingerprint density at radius 2 is 1.95 bits per heavy atom. The average molecular weight is 278 g/mol. The molecule has 20 heavy (non-hydrogen) atoms. The van der Waals surface area contributed by atoms with Gasteiger partial charge in [-0.15, -0.1) is 0 Å². The van der Waals surface area contributed by atoms with Crippen LogP contribution in [0.25, 0.3) is 0 Å². The van der Waals surface area contributed by atoms with Crippen LogP contribution < -0.4 is 10.6 Å². The molecule has 1 aliphatic rings. The number of hydrogen-bond acceptors (Lipinski definition) is 3. The molecule has 0 aromatic heterocycles. The third-order valence-electron chi connectivity index (χ3n) is 3.17. The highest BCUT2D eigenvalue weighted by Crippen LogP contribution is 2.19. The first kappa shape index (κ1) is 14.3. The lowest BCUT2D eigenvalue weighted by Gasteiger charge is -2.13. The van der Waals surface area contributed by atoms with Crippen LogP contribution in [-0.4, -0.2) is 35.9 Å². The summed E-state index contributed by atoms with van der Waals surface area (Å²) in [7, 11) is 0. The number of amides is 2. The molecule has 108 valence electrons. The summed E-state index contributed by atoms with van der Waals surface area (Å²) in [6.07, 6.45) is 0.177. The van der Waals surface area contributed by atoms with Crippen molar-refractivity contribution in [3.8, 4) is 0 Å². The van der Waals surface area contributed by atoms with E-state index in [0.717, 1.165) is 5.56 Å². The zero-order chi connectivity index (χ0) is 14.4. The average Bonchev–Trinajstić information content (AvgIpc) is 2.93. The summed E-state index contributed by atoms with van der Waals surface area (Å²) in [5.74, 6) is -0.943. The molecule has 1 aromatic rings. The maximum atomic E-state index is 11.6. The van der Waals surface area contributed by atoms with E-state index in [1.165, 1.54) is 0 Å².